The van der Waals surface area contributed by atoms with Gasteiger partial charge in [0.2, 0.25) is 17.6 Å². The Hall–Kier alpha value is -2.79. The third-order valence-electron chi connectivity index (χ3n) is 6.77. The van der Waals surface area contributed by atoms with Crippen LogP contribution in [0.2, 0.25) is 0 Å². The van der Waals surface area contributed by atoms with E-state index >= 15 is 0 Å². The third-order valence-corrected chi connectivity index (χ3v) is 7.63. The van der Waals surface area contributed by atoms with Crippen LogP contribution in [0.25, 0.3) is 10.7 Å². The van der Waals surface area contributed by atoms with E-state index in [1.54, 1.807) is 11.3 Å². The van der Waals surface area contributed by atoms with Crippen LogP contribution in [0, 0.1) is 0 Å². The lowest BCUT2D eigenvalue weighted by Gasteiger charge is -2.34. The Balaban J connectivity index is 1.04. The van der Waals surface area contributed by atoms with Gasteiger partial charge in [0.1, 0.15) is 5.54 Å². The largest absolute Gasteiger partial charge is 0.340 e. The summed E-state index contributed by atoms with van der Waals surface area (Å²) in [5.74, 6) is 1.13. The van der Waals surface area contributed by atoms with Crippen molar-refractivity contribution in [3.05, 3.63) is 23.4 Å². The van der Waals surface area contributed by atoms with Crippen LogP contribution < -0.4 is 5.32 Å². The van der Waals surface area contributed by atoms with E-state index in [2.05, 4.69) is 20.4 Å². The Morgan fingerprint density at radius 2 is 1.97 bits per heavy atom. The fourth-order valence-electron chi connectivity index (χ4n) is 4.91. The number of hydrogen-bond acceptors (Lipinski definition) is 8. The molecule has 4 amide bonds. The minimum atomic E-state index is -0.680. The molecule has 33 heavy (non-hydrogen) atoms. The zero-order chi connectivity index (χ0) is 22.8. The number of urea groups is 1. The highest BCUT2D eigenvalue weighted by Gasteiger charge is 2.52. The van der Waals surface area contributed by atoms with Gasteiger partial charge in [0.05, 0.1) is 11.4 Å². The van der Waals surface area contributed by atoms with Crippen LogP contribution in [-0.2, 0) is 16.1 Å². The first-order valence-corrected chi connectivity index (χ1v) is 12.4. The highest BCUT2D eigenvalue weighted by molar-refractivity contribution is 7.13. The zero-order valence-corrected chi connectivity index (χ0v) is 19.3. The van der Waals surface area contributed by atoms with E-state index in [1.165, 1.54) is 4.90 Å². The number of nitrogens with one attached hydrogen (secondary N) is 1. The smallest absolute Gasteiger partial charge is 0.325 e. The van der Waals surface area contributed by atoms with E-state index in [1.807, 2.05) is 22.4 Å². The Labute approximate surface area is 195 Å². The SMILES string of the molecule is O=C(CCCN1C(=O)NC2(CCCC2)C1=O)N1CCN(Cc2nc(-c3cccs3)no2)CC1. The average Bonchev–Trinajstić information content (AvgIpc) is 3.61. The normalized spacial score (nSPS) is 20.7. The van der Waals surface area contributed by atoms with Gasteiger partial charge in [0.25, 0.3) is 5.91 Å². The number of nitrogens with zero attached hydrogens (tertiary/aromatic N) is 5. The molecule has 4 heterocycles. The average molecular weight is 473 g/mol. The molecule has 1 spiro atoms. The summed E-state index contributed by atoms with van der Waals surface area (Å²) >= 11 is 1.57. The molecule has 2 aromatic rings. The minimum absolute atomic E-state index is 0.0649. The highest BCUT2D eigenvalue weighted by Crippen LogP contribution is 2.35. The zero-order valence-electron chi connectivity index (χ0n) is 18.5. The van der Waals surface area contributed by atoms with Crippen molar-refractivity contribution in [2.45, 2.75) is 50.6 Å². The molecule has 11 heteroatoms. The number of rotatable bonds is 7. The number of piperazine rings is 1. The van der Waals surface area contributed by atoms with Crippen molar-refractivity contribution in [3.63, 3.8) is 0 Å². The quantitative estimate of drug-likeness (QED) is 0.614. The molecule has 2 saturated heterocycles. The molecule has 1 N–H and O–H groups in total. The van der Waals surface area contributed by atoms with Crippen molar-refractivity contribution in [3.8, 4) is 10.7 Å². The molecule has 0 atom stereocenters. The molecule has 10 nitrogen and oxygen atoms in total. The second-order valence-corrected chi connectivity index (χ2v) is 9.87. The first kappa shape index (κ1) is 22.0. The van der Waals surface area contributed by atoms with Gasteiger partial charge in [-0.2, -0.15) is 4.98 Å². The molecule has 176 valence electrons. The molecule has 1 aliphatic carbocycles. The Bertz CT molecular complexity index is 1010. The molecule has 0 unspecified atom stereocenters. The van der Waals surface area contributed by atoms with Gasteiger partial charge in [-0.15, -0.1) is 11.3 Å². The van der Waals surface area contributed by atoms with Crippen LogP contribution in [0.5, 0.6) is 0 Å². The van der Waals surface area contributed by atoms with E-state index < -0.39 is 5.54 Å². The van der Waals surface area contributed by atoms with Gasteiger partial charge in [-0.1, -0.05) is 24.1 Å². The number of amides is 4. The number of carbonyl (C=O) groups is 3. The van der Waals surface area contributed by atoms with E-state index in [-0.39, 0.29) is 17.8 Å². The summed E-state index contributed by atoms with van der Waals surface area (Å²) < 4.78 is 5.38. The Morgan fingerprint density at radius 1 is 1.18 bits per heavy atom. The van der Waals surface area contributed by atoms with Crippen LogP contribution in [0.3, 0.4) is 0 Å². The highest BCUT2D eigenvalue weighted by atomic mass is 32.1. The molecule has 2 aromatic heterocycles. The molecule has 0 aromatic carbocycles. The molecule has 2 aliphatic heterocycles. The van der Waals surface area contributed by atoms with E-state index in [4.69, 9.17) is 4.52 Å². The Morgan fingerprint density at radius 3 is 2.70 bits per heavy atom. The lowest BCUT2D eigenvalue weighted by Crippen LogP contribution is -2.48. The monoisotopic (exact) mass is 472 g/mol. The molecular weight excluding hydrogens is 444 g/mol. The first-order valence-electron chi connectivity index (χ1n) is 11.5. The van der Waals surface area contributed by atoms with Gasteiger partial charge in [0.15, 0.2) is 0 Å². The van der Waals surface area contributed by atoms with Crippen molar-refractivity contribution < 1.29 is 18.9 Å². The first-order chi connectivity index (χ1) is 16.0. The number of hydrogen-bond donors (Lipinski definition) is 1. The molecule has 0 bridgehead atoms. The summed E-state index contributed by atoms with van der Waals surface area (Å²) in [5.41, 5.74) is -0.680. The molecular formula is C22H28N6O4S. The predicted octanol–water partition coefficient (Wildman–Crippen LogP) is 2.09. The lowest BCUT2D eigenvalue weighted by atomic mass is 9.98. The Kier molecular flexibility index (Phi) is 6.15. The van der Waals surface area contributed by atoms with Crippen LogP contribution in [0.15, 0.2) is 22.0 Å². The van der Waals surface area contributed by atoms with E-state index in [9.17, 15) is 14.4 Å². The molecule has 3 aliphatic rings. The van der Waals surface area contributed by atoms with Crippen molar-refractivity contribution >= 4 is 29.2 Å². The van der Waals surface area contributed by atoms with Gasteiger partial charge >= 0.3 is 6.03 Å². The molecule has 5 rings (SSSR count). The number of thiophene rings is 1. The number of carbonyl (C=O) groups excluding carboxylic acids is 3. The fourth-order valence-corrected chi connectivity index (χ4v) is 5.56. The predicted molar refractivity (Wildman–Crippen MR) is 120 cm³/mol. The van der Waals surface area contributed by atoms with Gasteiger partial charge in [-0.25, -0.2) is 4.79 Å². The summed E-state index contributed by atoms with van der Waals surface area (Å²) in [6.45, 7) is 3.60. The molecule has 3 fully saturated rings. The summed E-state index contributed by atoms with van der Waals surface area (Å²) in [5, 5.41) is 8.91. The maximum atomic E-state index is 12.7. The van der Waals surface area contributed by atoms with Gasteiger partial charge < -0.3 is 14.7 Å². The van der Waals surface area contributed by atoms with Crippen molar-refractivity contribution in [1.29, 1.82) is 0 Å². The van der Waals surface area contributed by atoms with Gasteiger partial charge in [-0.3, -0.25) is 19.4 Å². The van der Waals surface area contributed by atoms with Gasteiger partial charge in [-0.05, 0) is 30.7 Å². The standard InChI is InChI=1S/C22H28N6O4S/c29-18(6-3-9-28-20(30)22(24-21(28)31)7-1-2-8-22)27-12-10-26(11-13-27)15-17-23-19(25-32-17)16-5-4-14-33-16/h4-5,14H,1-3,6-13,15H2,(H,24,31). The fraction of sp³-hybridized carbons (Fsp3) is 0.591. The minimum Gasteiger partial charge on any atom is -0.340 e. The van der Waals surface area contributed by atoms with Crippen LogP contribution in [0.4, 0.5) is 4.79 Å². The maximum absolute atomic E-state index is 12.7. The maximum Gasteiger partial charge on any atom is 0.325 e. The van der Waals surface area contributed by atoms with E-state index in [0.717, 1.165) is 43.6 Å². The van der Waals surface area contributed by atoms with Crippen molar-refractivity contribution in [1.82, 2.24) is 30.2 Å². The summed E-state index contributed by atoms with van der Waals surface area (Å²) in [7, 11) is 0. The lowest BCUT2D eigenvalue weighted by molar-refractivity contribution is -0.134. The van der Waals surface area contributed by atoms with Gasteiger partial charge in [0, 0.05) is 39.1 Å². The van der Waals surface area contributed by atoms with Crippen molar-refractivity contribution in [2.24, 2.45) is 0 Å². The van der Waals surface area contributed by atoms with Crippen molar-refractivity contribution in [2.75, 3.05) is 32.7 Å². The molecule has 1 saturated carbocycles. The summed E-state index contributed by atoms with van der Waals surface area (Å²) in [6.07, 6.45) is 4.19. The summed E-state index contributed by atoms with van der Waals surface area (Å²) in [4.78, 5) is 48.4. The van der Waals surface area contributed by atoms with Crippen LogP contribution in [-0.4, -0.2) is 80.9 Å². The topological polar surface area (TPSA) is 112 Å². The number of aromatic nitrogens is 2. The van der Waals surface area contributed by atoms with Crippen LogP contribution >= 0.6 is 11.3 Å². The van der Waals surface area contributed by atoms with E-state index in [0.29, 0.717) is 50.7 Å². The molecule has 0 radical (unpaired) electrons. The third kappa shape index (κ3) is 4.51. The number of imide groups is 1. The summed E-state index contributed by atoms with van der Waals surface area (Å²) in [6, 6.07) is 3.60. The second kappa shape index (κ2) is 9.22. The van der Waals surface area contributed by atoms with Crippen LogP contribution in [0.1, 0.15) is 44.4 Å². The second-order valence-electron chi connectivity index (χ2n) is 8.93.